The first-order valence-corrected chi connectivity index (χ1v) is 9.58. The van der Waals surface area contributed by atoms with Gasteiger partial charge < -0.3 is 9.32 Å². The van der Waals surface area contributed by atoms with Gasteiger partial charge in [-0.05, 0) is 41.4 Å². The predicted molar refractivity (Wildman–Crippen MR) is 97.2 cm³/mol. The standard InChI is InChI=1S/C17H13F3N2O4S2/c18-17(19,20)10-21(8-11-3-1-5-26-11)14(23)9-22-15(24)13(28-16(22)25)7-12-4-2-6-27-12/h1-7H,8-10H2/b13-7-. The van der Waals surface area contributed by atoms with E-state index in [1.165, 1.54) is 35.8 Å². The zero-order valence-electron chi connectivity index (χ0n) is 14.1. The molecule has 0 saturated carbocycles. The lowest BCUT2D eigenvalue weighted by Crippen LogP contribution is -2.45. The molecular weight excluding hydrogens is 417 g/mol. The molecule has 3 heterocycles. The molecule has 1 aliphatic rings. The van der Waals surface area contributed by atoms with E-state index in [9.17, 15) is 27.6 Å². The summed E-state index contributed by atoms with van der Waals surface area (Å²) in [6.07, 6.45) is -1.85. The van der Waals surface area contributed by atoms with Crippen LogP contribution < -0.4 is 0 Å². The highest BCUT2D eigenvalue weighted by molar-refractivity contribution is 8.18. The number of hydrogen-bond donors (Lipinski definition) is 0. The van der Waals surface area contributed by atoms with Gasteiger partial charge in [-0.2, -0.15) is 13.2 Å². The Bertz CT molecular complexity index is 892. The first-order valence-electron chi connectivity index (χ1n) is 7.89. The van der Waals surface area contributed by atoms with E-state index in [4.69, 9.17) is 4.42 Å². The molecule has 3 amide bonds. The van der Waals surface area contributed by atoms with Crippen LogP contribution in [-0.4, -0.2) is 46.1 Å². The zero-order valence-corrected chi connectivity index (χ0v) is 15.8. The third-order valence-electron chi connectivity index (χ3n) is 3.63. The summed E-state index contributed by atoms with van der Waals surface area (Å²) in [6.45, 7) is -2.72. The summed E-state index contributed by atoms with van der Waals surface area (Å²) in [6, 6.07) is 6.43. The molecule has 0 aromatic carbocycles. The van der Waals surface area contributed by atoms with E-state index >= 15 is 0 Å². The Balaban J connectivity index is 1.73. The summed E-state index contributed by atoms with van der Waals surface area (Å²) in [4.78, 5) is 39.0. The Morgan fingerprint density at radius 1 is 1.25 bits per heavy atom. The van der Waals surface area contributed by atoms with Crippen molar-refractivity contribution < 1.29 is 32.0 Å². The van der Waals surface area contributed by atoms with Crippen LogP contribution in [0, 0.1) is 0 Å². The lowest BCUT2D eigenvalue weighted by molar-refractivity contribution is -0.163. The molecular formula is C17H13F3N2O4S2. The number of hydrogen-bond acceptors (Lipinski definition) is 6. The topological polar surface area (TPSA) is 70.8 Å². The third kappa shape index (κ3) is 5.04. The van der Waals surface area contributed by atoms with Crippen LogP contribution in [-0.2, 0) is 16.1 Å². The van der Waals surface area contributed by atoms with Gasteiger partial charge in [-0.25, -0.2) is 0 Å². The van der Waals surface area contributed by atoms with Gasteiger partial charge in [0.25, 0.3) is 11.1 Å². The van der Waals surface area contributed by atoms with Gasteiger partial charge in [-0.1, -0.05) is 6.07 Å². The molecule has 2 aromatic rings. The van der Waals surface area contributed by atoms with Crippen LogP contribution in [0.15, 0.2) is 45.2 Å². The lowest BCUT2D eigenvalue weighted by atomic mass is 10.3. The number of amides is 3. The second-order valence-electron chi connectivity index (χ2n) is 5.73. The molecule has 1 saturated heterocycles. The van der Waals surface area contributed by atoms with Gasteiger partial charge in [-0.15, -0.1) is 11.3 Å². The fourth-order valence-electron chi connectivity index (χ4n) is 2.41. The highest BCUT2D eigenvalue weighted by Crippen LogP contribution is 2.33. The maximum absolute atomic E-state index is 12.9. The van der Waals surface area contributed by atoms with Crippen LogP contribution in [0.2, 0.25) is 0 Å². The maximum Gasteiger partial charge on any atom is 0.406 e. The average Bonchev–Trinajstić information content (AvgIpc) is 3.34. The van der Waals surface area contributed by atoms with Gasteiger partial charge in [0.05, 0.1) is 17.7 Å². The van der Waals surface area contributed by atoms with Crippen molar-refractivity contribution in [1.29, 1.82) is 0 Å². The molecule has 0 atom stereocenters. The van der Waals surface area contributed by atoms with Crippen LogP contribution in [0.25, 0.3) is 6.08 Å². The Hall–Kier alpha value is -2.53. The highest BCUT2D eigenvalue weighted by atomic mass is 32.2. The van der Waals surface area contributed by atoms with Crippen LogP contribution in [0.3, 0.4) is 0 Å². The van der Waals surface area contributed by atoms with E-state index in [0.717, 1.165) is 4.88 Å². The largest absolute Gasteiger partial charge is 0.467 e. The van der Waals surface area contributed by atoms with Crippen molar-refractivity contribution in [3.05, 3.63) is 51.5 Å². The minimum atomic E-state index is -4.64. The summed E-state index contributed by atoms with van der Waals surface area (Å²) >= 11 is 2.01. The third-order valence-corrected chi connectivity index (χ3v) is 5.36. The fourth-order valence-corrected chi connectivity index (χ4v) is 3.97. The number of rotatable bonds is 6. The summed E-state index contributed by atoms with van der Waals surface area (Å²) in [5.41, 5.74) is 0. The minimum Gasteiger partial charge on any atom is -0.467 e. The van der Waals surface area contributed by atoms with E-state index < -0.39 is 42.9 Å². The second-order valence-corrected chi connectivity index (χ2v) is 7.70. The van der Waals surface area contributed by atoms with Crippen molar-refractivity contribution in [3.63, 3.8) is 0 Å². The molecule has 0 N–H and O–H groups in total. The molecule has 1 fully saturated rings. The van der Waals surface area contributed by atoms with Crippen molar-refractivity contribution in [2.75, 3.05) is 13.1 Å². The van der Waals surface area contributed by atoms with Gasteiger partial charge in [0.2, 0.25) is 5.91 Å². The van der Waals surface area contributed by atoms with Gasteiger partial charge >= 0.3 is 6.18 Å². The van der Waals surface area contributed by atoms with Gasteiger partial charge in [0.1, 0.15) is 18.8 Å². The maximum atomic E-state index is 12.9. The minimum absolute atomic E-state index is 0.119. The van der Waals surface area contributed by atoms with E-state index in [-0.39, 0.29) is 10.7 Å². The summed E-state index contributed by atoms with van der Waals surface area (Å²) in [5, 5.41) is 1.09. The second kappa shape index (κ2) is 8.23. The Morgan fingerprint density at radius 2 is 2.04 bits per heavy atom. The van der Waals surface area contributed by atoms with Crippen LogP contribution in [0.4, 0.5) is 18.0 Å². The van der Waals surface area contributed by atoms with E-state index in [1.54, 1.807) is 17.5 Å². The predicted octanol–water partition coefficient (Wildman–Crippen LogP) is 3.97. The molecule has 3 rings (SSSR count). The first kappa shape index (κ1) is 20.2. The summed E-state index contributed by atoms with van der Waals surface area (Å²) in [5.74, 6) is -1.56. The first-order chi connectivity index (χ1) is 13.2. The number of furan rings is 1. The van der Waals surface area contributed by atoms with Crippen LogP contribution in [0.1, 0.15) is 10.6 Å². The summed E-state index contributed by atoms with van der Waals surface area (Å²) < 4.78 is 43.5. The van der Waals surface area contributed by atoms with Gasteiger partial charge in [0, 0.05) is 4.88 Å². The Kier molecular flexibility index (Phi) is 5.94. The molecule has 148 valence electrons. The molecule has 0 bridgehead atoms. The van der Waals surface area contributed by atoms with E-state index in [2.05, 4.69) is 0 Å². The highest BCUT2D eigenvalue weighted by Gasteiger charge is 2.39. The Morgan fingerprint density at radius 3 is 2.64 bits per heavy atom. The molecule has 0 radical (unpaired) electrons. The number of carbonyl (C=O) groups is 3. The van der Waals surface area contributed by atoms with Crippen molar-refractivity contribution in [2.45, 2.75) is 12.7 Å². The molecule has 0 unspecified atom stereocenters. The smallest absolute Gasteiger partial charge is 0.406 e. The number of halogens is 3. The zero-order chi connectivity index (χ0) is 20.3. The number of carbonyl (C=O) groups excluding carboxylic acids is 3. The normalized spacial score (nSPS) is 16.2. The Labute approximate surface area is 165 Å². The quantitative estimate of drug-likeness (QED) is 0.649. The van der Waals surface area contributed by atoms with Crippen LogP contribution in [0.5, 0.6) is 0 Å². The number of imide groups is 1. The molecule has 28 heavy (non-hydrogen) atoms. The van der Waals surface area contributed by atoms with Crippen molar-refractivity contribution >= 4 is 46.2 Å². The lowest BCUT2D eigenvalue weighted by Gasteiger charge is -2.24. The van der Waals surface area contributed by atoms with Crippen molar-refractivity contribution in [2.24, 2.45) is 0 Å². The van der Waals surface area contributed by atoms with E-state index in [0.29, 0.717) is 21.6 Å². The van der Waals surface area contributed by atoms with Crippen LogP contribution >= 0.6 is 23.1 Å². The molecule has 2 aromatic heterocycles. The SMILES string of the molecule is O=C(CN1C(=O)S/C(=C\c2cccs2)C1=O)N(Cc1ccco1)CC(F)(F)F. The van der Waals surface area contributed by atoms with Crippen molar-refractivity contribution in [1.82, 2.24) is 9.80 Å². The molecule has 0 spiro atoms. The molecule has 6 nitrogen and oxygen atoms in total. The van der Waals surface area contributed by atoms with Gasteiger partial charge in [0.15, 0.2) is 0 Å². The van der Waals surface area contributed by atoms with Gasteiger partial charge in [-0.3, -0.25) is 19.3 Å². The number of thiophene rings is 1. The van der Waals surface area contributed by atoms with E-state index in [1.807, 2.05) is 0 Å². The molecule has 1 aliphatic heterocycles. The summed E-state index contributed by atoms with van der Waals surface area (Å²) in [7, 11) is 0. The number of nitrogens with zero attached hydrogens (tertiary/aromatic N) is 2. The number of thioether (sulfide) groups is 1. The fraction of sp³-hybridized carbons (Fsp3) is 0.235. The average molecular weight is 430 g/mol. The van der Waals surface area contributed by atoms with Crippen molar-refractivity contribution in [3.8, 4) is 0 Å². The monoisotopic (exact) mass is 430 g/mol. The molecule has 11 heteroatoms. The number of alkyl halides is 3. The molecule has 0 aliphatic carbocycles.